The summed E-state index contributed by atoms with van der Waals surface area (Å²) >= 11 is 0. The standard InChI is InChI=1S/C10H12F2N2O/c11-4-5-13-10(15)14-7-8-2-1-3-9(12)6-8/h1-3,6H,4-5,7H2,(H2,13,14,15). The molecule has 0 saturated carbocycles. The monoisotopic (exact) mass is 214 g/mol. The van der Waals surface area contributed by atoms with Gasteiger partial charge in [0.15, 0.2) is 0 Å². The van der Waals surface area contributed by atoms with Gasteiger partial charge in [0.05, 0.1) is 0 Å². The van der Waals surface area contributed by atoms with E-state index in [9.17, 15) is 13.6 Å². The van der Waals surface area contributed by atoms with Crippen molar-refractivity contribution < 1.29 is 13.6 Å². The molecule has 5 heteroatoms. The Kier molecular flexibility index (Phi) is 4.53. The number of alkyl halides is 1. The first kappa shape index (κ1) is 11.4. The van der Waals surface area contributed by atoms with Crippen molar-refractivity contribution in [1.82, 2.24) is 10.6 Å². The summed E-state index contributed by atoms with van der Waals surface area (Å²) in [4.78, 5) is 11.0. The Balaban J connectivity index is 2.33. The van der Waals surface area contributed by atoms with Crippen LogP contribution in [-0.2, 0) is 6.54 Å². The lowest BCUT2D eigenvalue weighted by Crippen LogP contribution is -2.36. The molecule has 0 aliphatic heterocycles. The van der Waals surface area contributed by atoms with E-state index in [0.717, 1.165) is 0 Å². The van der Waals surface area contributed by atoms with E-state index < -0.39 is 12.7 Å². The van der Waals surface area contributed by atoms with Gasteiger partial charge in [0, 0.05) is 13.1 Å². The third-order valence-corrected chi connectivity index (χ3v) is 1.72. The molecule has 2 amide bonds. The lowest BCUT2D eigenvalue weighted by molar-refractivity contribution is 0.239. The molecule has 82 valence electrons. The van der Waals surface area contributed by atoms with Crippen molar-refractivity contribution in [3.63, 3.8) is 0 Å². The third-order valence-electron chi connectivity index (χ3n) is 1.72. The summed E-state index contributed by atoms with van der Waals surface area (Å²) in [5, 5.41) is 4.78. The summed E-state index contributed by atoms with van der Waals surface area (Å²) in [6, 6.07) is 5.45. The summed E-state index contributed by atoms with van der Waals surface area (Å²) < 4.78 is 24.4. The average molecular weight is 214 g/mol. The van der Waals surface area contributed by atoms with Gasteiger partial charge in [0.1, 0.15) is 12.5 Å². The van der Waals surface area contributed by atoms with Crippen LogP contribution in [0.15, 0.2) is 24.3 Å². The Morgan fingerprint density at radius 2 is 2.13 bits per heavy atom. The molecule has 1 rings (SSSR count). The van der Waals surface area contributed by atoms with E-state index in [-0.39, 0.29) is 18.9 Å². The fourth-order valence-electron chi connectivity index (χ4n) is 1.05. The van der Waals surface area contributed by atoms with Gasteiger partial charge in [-0.1, -0.05) is 12.1 Å². The maximum absolute atomic E-state index is 12.7. The van der Waals surface area contributed by atoms with Crippen LogP contribution in [0.25, 0.3) is 0 Å². The van der Waals surface area contributed by atoms with E-state index in [1.54, 1.807) is 12.1 Å². The largest absolute Gasteiger partial charge is 0.336 e. The van der Waals surface area contributed by atoms with Gasteiger partial charge in [0.25, 0.3) is 0 Å². The molecule has 1 aromatic carbocycles. The molecule has 2 N–H and O–H groups in total. The van der Waals surface area contributed by atoms with Crippen molar-refractivity contribution >= 4 is 6.03 Å². The molecule has 0 aliphatic rings. The smallest absolute Gasteiger partial charge is 0.315 e. The van der Waals surface area contributed by atoms with Crippen molar-refractivity contribution in [3.8, 4) is 0 Å². The van der Waals surface area contributed by atoms with E-state index in [1.807, 2.05) is 0 Å². The molecular weight excluding hydrogens is 202 g/mol. The number of hydrogen-bond donors (Lipinski definition) is 2. The summed E-state index contributed by atoms with van der Waals surface area (Å²) in [7, 11) is 0. The number of urea groups is 1. The van der Waals surface area contributed by atoms with Crippen LogP contribution in [0.5, 0.6) is 0 Å². The lowest BCUT2D eigenvalue weighted by atomic mass is 10.2. The summed E-state index contributed by atoms with van der Waals surface area (Å²) in [6.07, 6.45) is 0. The SMILES string of the molecule is O=C(NCCF)NCc1cccc(F)c1. The van der Waals surface area contributed by atoms with Gasteiger partial charge in [0.2, 0.25) is 0 Å². The van der Waals surface area contributed by atoms with Crippen molar-refractivity contribution in [2.75, 3.05) is 13.2 Å². The highest BCUT2D eigenvalue weighted by Gasteiger charge is 1.99. The molecule has 0 radical (unpaired) electrons. The topological polar surface area (TPSA) is 41.1 Å². The Morgan fingerprint density at radius 1 is 1.33 bits per heavy atom. The fraction of sp³-hybridized carbons (Fsp3) is 0.300. The Labute approximate surface area is 86.5 Å². The number of rotatable bonds is 4. The second kappa shape index (κ2) is 5.95. The predicted molar refractivity (Wildman–Crippen MR) is 52.6 cm³/mol. The van der Waals surface area contributed by atoms with E-state index >= 15 is 0 Å². The second-order valence-corrected chi connectivity index (χ2v) is 2.93. The van der Waals surface area contributed by atoms with Crippen molar-refractivity contribution in [3.05, 3.63) is 35.6 Å². The molecule has 0 spiro atoms. The van der Waals surface area contributed by atoms with Crippen molar-refractivity contribution in [1.29, 1.82) is 0 Å². The van der Waals surface area contributed by atoms with E-state index in [1.165, 1.54) is 12.1 Å². The quantitative estimate of drug-likeness (QED) is 0.785. The van der Waals surface area contributed by atoms with E-state index in [2.05, 4.69) is 10.6 Å². The first-order valence-electron chi connectivity index (χ1n) is 4.54. The van der Waals surface area contributed by atoms with Gasteiger partial charge in [-0.2, -0.15) is 0 Å². The average Bonchev–Trinajstić information content (AvgIpc) is 2.23. The third kappa shape index (κ3) is 4.39. The fourth-order valence-corrected chi connectivity index (χ4v) is 1.05. The normalized spacial score (nSPS) is 9.73. The number of amides is 2. The lowest BCUT2D eigenvalue weighted by Gasteiger charge is -2.05. The summed E-state index contributed by atoms with van der Waals surface area (Å²) in [6.45, 7) is -0.405. The molecule has 0 unspecified atom stereocenters. The minimum absolute atomic E-state index is 0.0189. The molecule has 0 bridgehead atoms. The van der Waals surface area contributed by atoms with Gasteiger partial charge in [-0.15, -0.1) is 0 Å². The zero-order valence-electron chi connectivity index (χ0n) is 8.09. The van der Waals surface area contributed by atoms with Crippen LogP contribution in [0, 0.1) is 5.82 Å². The van der Waals surface area contributed by atoms with Gasteiger partial charge >= 0.3 is 6.03 Å². The molecule has 0 heterocycles. The summed E-state index contributed by atoms with van der Waals surface area (Å²) in [5.41, 5.74) is 0.658. The number of carbonyl (C=O) groups is 1. The van der Waals surface area contributed by atoms with Crippen molar-refractivity contribution in [2.24, 2.45) is 0 Å². The van der Waals surface area contributed by atoms with Gasteiger partial charge in [-0.25, -0.2) is 13.6 Å². The van der Waals surface area contributed by atoms with E-state index in [4.69, 9.17) is 0 Å². The summed E-state index contributed by atoms with van der Waals surface area (Å²) in [5.74, 6) is -0.349. The molecule has 0 aromatic heterocycles. The molecule has 0 fully saturated rings. The second-order valence-electron chi connectivity index (χ2n) is 2.93. The number of hydrogen-bond acceptors (Lipinski definition) is 1. The van der Waals surface area contributed by atoms with Gasteiger partial charge < -0.3 is 10.6 Å². The van der Waals surface area contributed by atoms with Crippen LogP contribution in [-0.4, -0.2) is 19.3 Å². The molecule has 3 nitrogen and oxygen atoms in total. The molecule has 0 aliphatic carbocycles. The number of nitrogens with one attached hydrogen (secondary N) is 2. The van der Waals surface area contributed by atoms with Crippen LogP contribution in [0.3, 0.4) is 0 Å². The van der Waals surface area contributed by atoms with Crippen LogP contribution in [0.1, 0.15) is 5.56 Å². The van der Waals surface area contributed by atoms with Crippen LogP contribution in [0.4, 0.5) is 13.6 Å². The maximum atomic E-state index is 12.7. The maximum Gasteiger partial charge on any atom is 0.315 e. The van der Waals surface area contributed by atoms with Gasteiger partial charge in [-0.3, -0.25) is 0 Å². The number of carbonyl (C=O) groups excluding carboxylic acids is 1. The zero-order chi connectivity index (χ0) is 11.1. The Bertz CT molecular complexity index is 331. The minimum Gasteiger partial charge on any atom is -0.336 e. The highest BCUT2D eigenvalue weighted by Crippen LogP contribution is 2.02. The van der Waals surface area contributed by atoms with Crippen LogP contribution >= 0.6 is 0 Å². The molecule has 0 atom stereocenters. The van der Waals surface area contributed by atoms with Crippen LogP contribution < -0.4 is 10.6 Å². The van der Waals surface area contributed by atoms with Crippen LogP contribution in [0.2, 0.25) is 0 Å². The number of benzene rings is 1. The molecule has 1 aromatic rings. The Morgan fingerprint density at radius 3 is 2.80 bits per heavy atom. The van der Waals surface area contributed by atoms with E-state index in [0.29, 0.717) is 5.56 Å². The van der Waals surface area contributed by atoms with Crippen molar-refractivity contribution in [2.45, 2.75) is 6.54 Å². The molecular formula is C10H12F2N2O. The minimum atomic E-state index is -0.604. The van der Waals surface area contributed by atoms with Gasteiger partial charge in [-0.05, 0) is 17.7 Å². The first-order valence-corrected chi connectivity index (χ1v) is 4.54. The zero-order valence-corrected chi connectivity index (χ0v) is 8.09. The molecule has 0 saturated heterocycles. The first-order chi connectivity index (χ1) is 7.22. The Hall–Kier alpha value is -1.65. The molecule has 15 heavy (non-hydrogen) atoms. The predicted octanol–water partition coefficient (Wildman–Crippen LogP) is 1.59. The highest BCUT2D eigenvalue weighted by molar-refractivity contribution is 5.73. The number of halogens is 2. The highest BCUT2D eigenvalue weighted by atomic mass is 19.1.